The molecule has 1 atom stereocenters. The van der Waals surface area contributed by atoms with Crippen molar-refractivity contribution in [2.45, 2.75) is 6.04 Å². The summed E-state index contributed by atoms with van der Waals surface area (Å²) in [5.41, 5.74) is 5.41. The number of nitrogens with one attached hydrogen (secondary N) is 1. The Bertz CT molecular complexity index is 380. The standard InChI is InChI=1S/C11H14N2O4/c12-11(16)17-7-6-13-9(10(14)15)8-4-2-1-3-5-8/h1-5,9,13H,6-7H2,(H2,12,16)(H,14,15). The summed E-state index contributed by atoms with van der Waals surface area (Å²) in [5.74, 6) is -0.990. The first-order valence-electron chi connectivity index (χ1n) is 5.04. The number of hydrogen-bond donors (Lipinski definition) is 3. The van der Waals surface area contributed by atoms with Gasteiger partial charge < -0.3 is 15.6 Å². The lowest BCUT2D eigenvalue weighted by Gasteiger charge is -2.14. The normalized spacial score (nSPS) is 11.8. The Morgan fingerprint density at radius 1 is 1.35 bits per heavy atom. The van der Waals surface area contributed by atoms with Gasteiger partial charge in [-0.15, -0.1) is 0 Å². The largest absolute Gasteiger partial charge is 0.480 e. The molecule has 0 radical (unpaired) electrons. The molecule has 0 aromatic heterocycles. The molecule has 0 aliphatic heterocycles. The number of carboxylic acids is 1. The van der Waals surface area contributed by atoms with Gasteiger partial charge in [-0.1, -0.05) is 30.3 Å². The lowest BCUT2D eigenvalue weighted by molar-refractivity contribution is -0.139. The molecular weight excluding hydrogens is 224 g/mol. The number of benzene rings is 1. The number of carbonyl (C=O) groups excluding carboxylic acids is 1. The van der Waals surface area contributed by atoms with E-state index in [0.717, 1.165) is 0 Å². The van der Waals surface area contributed by atoms with Gasteiger partial charge in [-0.25, -0.2) is 4.79 Å². The highest BCUT2D eigenvalue weighted by Gasteiger charge is 2.18. The fourth-order valence-electron chi connectivity index (χ4n) is 1.35. The Morgan fingerprint density at radius 2 is 2.00 bits per heavy atom. The zero-order valence-corrected chi connectivity index (χ0v) is 9.13. The van der Waals surface area contributed by atoms with Crippen molar-refractivity contribution in [2.24, 2.45) is 5.73 Å². The van der Waals surface area contributed by atoms with Crippen LogP contribution in [0.1, 0.15) is 11.6 Å². The van der Waals surface area contributed by atoms with Gasteiger partial charge in [0.25, 0.3) is 0 Å². The summed E-state index contributed by atoms with van der Waals surface area (Å²) in [4.78, 5) is 21.3. The van der Waals surface area contributed by atoms with E-state index in [9.17, 15) is 9.59 Å². The van der Waals surface area contributed by atoms with Crippen molar-refractivity contribution in [3.8, 4) is 0 Å². The molecule has 0 fully saturated rings. The maximum absolute atomic E-state index is 11.0. The van der Waals surface area contributed by atoms with Gasteiger partial charge in [-0.3, -0.25) is 10.1 Å². The molecule has 1 rings (SSSR count). The average molecular weight is 238 g/mol. The monoisotopic (exact) mass is 238 g/mol. The highest BCUT2D eigenvalue weighted by atomic mass is 16.5. The van der Waals surface area contributed by atoms with E-state index in [1.165, 1.54) is 0 Å². The minimum absolute atomic E-state index is 0.0337. The second-order valence-electron chi connectivity index (χ2n) is 3.30. The van der Waals surface area contributed by atoms with Gasteiger partial charge in [0, 0.05) is 6.54 Å². The van der Waals surface area contributed by atoms with E-state index in [1.54, 1.807) is 30.3 Å². The molecule has 0 aliphatic rings. The molecule has 1 unspecified atom stereocenters. The first-order valence-corrected chi connectivity index (χ1v) is 5.04. The van der Waals surface area contributed by atoms with Crippen LogP contribution in [-0.4, -0.2) is 30.3 Å². The van der Waals surface area contributed by atoms with Crippen LogP contribution < -0.4 is 11.1 Å². The van der Waals surface area contributed by atoms with Crippen molar-refractivity contribution >= 4 is 12.1 Å². The van der Waals surface area contributed by atoms with Crippen molar-refractivity contribution in [3.05, 3.63) is 35.9 Å². The molecule has 0 spiro atoms. The van der Waals surface area contributed by atoms with Gasteiger partial charge in [0.2, 0.25) is 0 Å². The summed E-state index contributed by atoms with van der Waals surface area (Å²) >= 11 is 0. The number of amides is 1. The van der Waals surface area contributed by atoms with Crippen molar-refractivity contribution in [1.29, 1.82) is 0 Å². The summed E-state index contributed by atoms with van der Waals surface area (Å²) in [6.07, 6.45) is -0.876. The molecule has 1 aromatic rings. The number of primary amides is 1. The summed E-state index contributed by atoms with van der Waals surface area (Å²) in [6.45, 7) is 0.251. The van der Waals surface area contributed by atoms with Crippen LogP contribution in [0.15, 0.2) is 30.3 Å². The van der Waals surface area contributed by atoms with Crippen LogP contribution in [0.25, 0.3) is 0 Å². The Kier molecular flexibility index (Phi) is 4.96. The third-order valence-electron chi connectivity index (χ3n) is 2.07. The zero-order valence-electron chi connectivity index (χ0n) is 9.13. The van der Waals surface area contributed by atoms with E-state index in [-0.39, 0.29) is 13.2 Å². The van der Waals surface area contributed by atoms with E-state index in [0.29, 0.717) is 5.56 Å². The van der Waals surface area contributed by atoms with Gasteiger partial charge in [-0.2, -0.15) is 0 Å². The van der Waals surface area contributed by atoms with Crippen LogP contribution in [0.4, 0.5) is 4.79 Å². The molecule has 0 aliphatic carbocycles. The molecule has 0 bridgehead atoms. The number of carbonyl (C=O) groups is 2. The Hall–Kier alpha value is -2.08. The number of nitrogens with two attached hydrogens (primary N) is 1. The SMILES string of the molecule is NC(=O)OCCNC(C(=O)O)c1ccccc1. The second kappa shape index (κ2) is 6.49. The van der Waals surface area contributed by atoms with E-state index in [1.807, 2.05) is 0 Å². The predicted octanol–water partition coefficient (Wildman–Crippen LogP) is 0.497. The maximum Gasteiger partial charge on any atom is 0.404 e. The average Bonchev–Trinajstić information content (AvgIpc) is 2.29. The number of aliphatic carboxylic acids is 1. The second-order valence-corrected chi connectivity index (χ2v) is 3.30. The predicted molar refractivity (Wildman–Crippen MR) is 60.4 cm³/mol. The van der Waals surface area contributed by atoms with E-state index < -0.39 is 18.1 Å². The van der Waals surface area contributed by atoms with E-state index in [4.69, 9.17) is 10.8 Å². The molecule has 0 saturated heterocycles. The first kappa shape index (κ1) is 13.0. The van der Waals surface area contributed by atoms with Crippen LogP contribution in [-0.2, 0) is 9.53 Å². The molecule has 92 valence electrons. The van der Waals surface area contributed by atoms with Crippen molar-refractivity contribution in [2.75, 3.05) is 13.2 Å². The van der Waals surface area contributed by atoms with Gasteiger partial charge in [0.15, 0.2) is 0 Å². The molecule has 1 amide bonds. The molecule has 1 aromatic carbocycles. The number of ether oxygens (including phenoxy) is 1. The van der Waals surface area contributed by atoms with Crippen molar-refractivity contribution in [3.63, 3.8) is 0 Å². The third-order valence-corrected chi connectivity index (χ3v) is 2.07. The number of carboxylic acid groups (broad SMARTS) is 1. The number of hydrogen-bond acceptors (Lipinski definition) is 4. The van der Waals surface area contributed by atoms with Crippen molar-refractivity contribution in [1.82, 2.24) is 5.32 Å². The lowest BCUT2D eigenvalue weighted by atomic mass is 10.1. The van der Waals surface area contributed by atoms with Gasteiger partial charge in [0.1, 0.15) is 12.6 Å². The summed E-state index contributed by atoms with van der Waals surface area (Å²) in [5, 5.41) is 11.8. The number of rotatable bonds is 6. The summed E-state index contributed by atoms with van der Waals surface area (Å²) < 4.78 is 4.49. The molecule has 0 saturated carbocycles. The first-order chi connectivity index (χ1) is 8.11. The van der Waals surface area contributed by atoms with Gasteiger partial charge >= 0.3 is 12.1 Å². The quantitative estimate of drug-likeness (QED) is 0.626. The fraction of sp³-hybridized carbons (Fsp3) is 0.273. The van der Waals surface area contributed by atoms with Gasteiger partial charge in [-0.05, 0) is 5.56 Å². The minimum Gasteiger partial charge on any atom is -0.480 e. The van der Waals surface area contributed by atoms with Crippen LogP contribution in [0.5, 0.6) is 0 Å². The van der Waals surface area contributed by atoms with Crippen LogP contribution >= 0.6 is 0 Å². The topological polar surface area (TPSA) is 102 Å². The van der Waals surface area contributed by atoms with Crippen LogP contribution in [0.3, 0.4) is 0 Å². The third kappa shape index (κ3) is 4.52. The highest BCUT2D eigenvalue weighted by molar-refractivity contribution is 5.75. The van der Waals surface area contributed by atoms with Crippen LogP contribution in [0, 0.1) is 0 Å². The van der Waals surface area contributed by atoms with Crippen molar-refractivity contribution < 1.29 is 19.4 Å². The Morgan fingerprint density at radius 3 is 2.53 bits per heavy atom. The van der Waals surface area contributed by atoms with E-state index in [2.05, 4.69) is 10.1 Å². The highest BCUT2D eigenvalue weighted by Crippen LogP contribution is 2.11. The van der Waals surface area contributed by atoms with Gasteiger partial charge in [0.05, 0.1) is 0 Å². The molecule has 4 N–H and O–H groups in total. The molecule has 0 heterocycles. The molecule has 17 heavy (non-hydrogen) atoms. The summed E-state index contributed by atoms with van der Waals surface area (Å²) in [7, 11) is 0. The molecule has 6 nitrogen and oxygen atoms in total. The lowest BCUT2D eigenvalue weighted by Crippen LogP contribution is -2.32. The van der Waals surface area contributed by atoms with E-state index >= 15 is 0 Å². The van der Waals surface area contributed by atoms with Crippen LogP contribution in [0.2, 0.25) is 0 Å². The molecule has 6 heteroatoms. The minimum atomic E-state index is -0.990. The Labute approximate surface area is 98.4 Å². The smallest absolute Gasteiger partial charge is 0.404 e. The fourth-order valence-corrected chi connectivity index (χ4v) is 1.35. The zero-order chi connectivity index (χ0) is 12.7. The maximum atomic E-state index is 11.0. The Balaban J connectivity index is 2.51. The molecular formula is C11H14N2O4. The summed E-state index contributed by atoms with van der Waals surface area (Å²) in [6, 6.07) is 7.91.